The predicted octanol–water partition coefficient (Wildman–Crippen LogP) is 0.644. The average molecular weight is 157 g/mol. The molecule has 0 aromatic rings. The third-order valence-electron chi connectivity index (χ3n) is 1.91. The van der Waals surface area contributed by atoms with E-state index in [4.69, 9.17) is 4.74 Å². The number of likely N-dealkylation sites (N-methyl/N-ethyl adjacent to an activating group) is 1. The van der Waals surface area contributed by atoms with Gasteiger partial charge < -0.3 is 9.64 Å². The summed E-state index contributed by atoms with van der Waals surface area (Å²) in [6.07, 6.45) is 1.77. The first-order valence-electron chi connectivity index (χ1n) is 4.12. The van der Waals surface area contributed by atoms with Crippen molar-refractivity contribution in [3.8, 4) is 0 Å². The Bertz CT molecular complexity index is 143. The van der Waals surface area contributed by atoms with Crippen LogP contribution in [0.1, 0.15) is 19.8 Å². The second-order valence-corrected chi connectivity index (χ2v) is 2.91. The monoisotopic (exact) mass is 157 g/mol. The number of hydrogen-bond acceptors (Lipinski definition) is 2. The summed E-state index contributed by atoms with van der Waals surface area (Å²) in [5.74, 6) is 0.137. The molecule has 1 atom stereocenters. The smallest absolute Gasteiger partial charge is 0.251 e. The predicted molar refractivity (Wildman–Crippen MR) is 42.3 cm³/mol. The van der Waals surface area contributed by atoms with Crippen LogP contribution in [-0.2, 0) is 9.53 Å². The summed E-state index contributed by atoms with van der Waals surface area (Å²) in [5, 5.41) is 0. The highest BCUT2D eigenvalue weighted by atomic mass is 16.5. The molecular weight excluding hydrogens is 142 g/mol. The maximum Gasteiger partial charge on any atom is 0.251 e. The van der Waals surface area contributed by atoms with Crippen LogP contribution in [0.15, 0.2) is 0 Å². The Labute approximate surface area is 67.3 Å². The third-order valence-corrected chi connectivity index (χ3v) is 1.91. The fraction of sp³-hybridized carbons (Fsp3) is 0.875. The van der Waals surface area contributed by atoms with Crippen LogP contribution < -0.4 is 0 Å². The molecular formula is C8H15NO2. The first kappa shape index (κ1) is 8.53. The van der Waals surface area contributed by atoms with E-state index in [2.05, 4.69) is 6.92 Å². The lowest BCUT2D eigenvalue weighted by atomic mass is 10.1. The third kappa shape index (κ3) is 1.93. The summed E-state index contributed by atoms with van der Waals surface area (Å²) in [5.41, 5.74) is 0. The maximum absolute atomic E-state index is 11.3. The molecule has 1 amide bonds. The second-order valence-electron chi connectivity index (χ2n) is 2.91. The van der Waals surface area contributed by atoms with Crippen molar-refractivity contribution < 1.29 is 9.53 Å². The van der Waals surface area contributed by atoms with Gasteiger partial charge in [-0.05, 0) is 6.42 Å². The Balaban J connectivity index is 2.27. The Morgan fingerprint density at radius 1 is 1.73 bits per heavy atom. The van der Waals surface area contributed by atoms with E-state index in [0.29, 0.717) is 0 Å². The first-order chi connectivity index (χ1) is 5.25. The number of carbonyl (C=O) groups excluding carboxylic acids is 1. The zero-order chi connectivity index (χ0) is 8.27. The van der Waals surface area contributed by atoms with Gasteiger partial charge in [0.25, 0.3) is 5.91 Å². The van der Waals surface area contributed by atoms with Gasteiger partial charge in [-0.25, -0.2) is 0 Å². The van der Waals surface area contributed by atoms with Crippen molar-refractivity contribution in [3.05, 3.63) is 0 Å². The molecule has 3 nitrogen and oxygen atoms in total. The largest absolute Gasteiger partial charge is 0.368 e. The number of amides is 1. The zero-order valence-corrected chi connectivity index (χ0v) is 7.17. The lowest BCUT2D eigenvalue weighted by Crippen LogP contribution is -2.44. The molecule has 64 valence electrons. The van der Waals surface area contributed by atoms with E-state index in [9.17, 15) is 4.79 Å². The summed E-state index contributed by atoms with van der Waals surface area (Å²) >= 11 is 0. The summed E-state index contributed by atoms with van der Waals surface area (Å²) in [6, 6.07) is 0. The van der Waals surface area contributed by atoms with Crippen LogP contribution >= 0.6 is 0 Å². The summed E-state index contributed by atoms with van der Waals surface area (Å²) in [7, 11) is 1.83. The van der Waals surface area contributed by atoms with Crippen LogP contribution in [0.25, 0.3) is 0 Å². The molecule has 0 spiro atoms. The van der Waals surface area contributed by atoms with E-state index < -0.39 is 0 Å². The van der Waals surface area contributed by atoms with Crippen LogP contribution in [0.2, 0.25) is 0 Å². The van der Waals surface area contributed by atoms with Gasteiger partial charge in [0, 0.05) is 20.0 Å². The molecule has 3 heteroatoms. The molecule has 1 unspecified atom stereocenters. The molecule has 1 rings (SSSR count). The number of ether oxygens (including phenoxy) is 1. The van der Waals surface area contributed by atoms with Gasteiger partial charge in [0.2, 0.25) is 0 Å². The second kappa shape index (κ2) is 3.72. The lowest BCUT2D eigenvalue weighted by Gasteiger charge is -2.29. The highest BCUT2D eigenvalue weighted by Gasteiger charge is 2.28. The quantitative estimate of drug-likeness (QED) is 0.601. The van der Waals surface area contributed by atoms with Crippen molar-refractivity contribution >= 4 is 5.91 Å². The van der Waals surface area contributed by atoms with E-state index in [-0.39, 0.29) is 12.0 Å². The van der Waals surface area contributed by atoms with Crippen LogP contribution in [0.3, 0.4) is 0 Å². The van der Waals surface area contributed by atoms with E-state index in [1.54, 1.807) is 4.90 Å². The minimum atomic E-state index is -0.133. The van der Waals surface area contributed by atoms with Gasteiger partial charge in [0.05, 0.1) is 6.61 Å². The minimum Gasteiger partial charge on any atom is -0.368 e. The van der Waals surface area contributed by atoms with Gasteiger partial charge in [-0.15, -0.1) is 0 Å². The van der Waals surface area contributed by atoms with Crippen LogP contribution in [0.5, 0.6) is 0 Å². The Hall–Kier alpha value is -0.570. The molecule has 1 aliphatic rings. The van der Waals surface area contributed by atoms with E-state index >= 15 is 0 Å². The van der Waals surface area contributed by atoms with Gasteiger partial charge in [0.15, 0.2) is 0 Å². The van der Waals surface area contributed by atoms with Crippen molar-refractivity contribution in [2.45, 2.75) is 25.9 Å². The molecule has 0 radical (unpaired) electrons. The van der Waals surface area contributed by atoms with Gasteiger partial charge in [-0.2, -0.15) is 0 Å². The molecule has 1 aliphatic heterocycles. The topological polar surface area (TPSA) is 29.5 Å². The average Bonchev–Trinajstić information content (AvgIpc) is 1.84. The minimum absolute atomic E-state index is 0.133. The molecule has 0 aliphatic carbocycles. The van der Waals surface area contributed by atoms with E-state index in [0.717, 1.165) is 26.0 Å². The molecule has 0 aromatic heterocycles. The highest BCUT2D eigenvalue weighted by molar-refractivity contribution is 5.81. The van der Waals surface area contributed by atoms with Gasteiger partial charge in [0.1, 0.15) is 6.10 Å². The van der Waals surface area contributed by atoms with Crippen molar-refractivity contribution in [1.82, 2.24) is 4.90 Å². The molecule has 0 N–H and O–H groups in total. The summed E-state index contributed by atoms with van der Waals surface area (Å²) in [6.45, 7) is 3.64. The summed E-state index contributed by atoms with van der Waals surface area (Å²) < 4.78 is 5.07. The molecule has 1 heterocycles. The molecule has 1 saturated heterocycles. The standard InChI is InChI=1S/C8H15NO2/c1-3-5-9(2)8(10)7-4-6-11-7/h7H,3-6H2,1-2H3. The van der Waals surface area contributed by atoms with Crippen LogP contribution in [0.4, 0.5) is 0 Å². The van der Waals surface area contributed by atoms with Crippen molar-refractivity contribution in [2.75, 3.05) is 20.2 Å². The SMILES string of the molecule is CCCN(C)C(=O)C1CCO1. The molecule has 0 saturated carbocycles. The normalized spacial score (nSPS) is 22.5. The summed E-state index contributed by atoms with van der Waals surface area (Å²) in [4.78, 5) is 13.1. The number of carbonyl (C=O) groups is 1. The zero-order valence-electron chi connectivity index (χ0n) is 7.17. The van der Waals surface area contributed by atoms with Gasteiger partial charge in [-0.1, -0.05) is 6.92 Å². The Morgan fingerprint density at radius 3 is 2.73 bits per heavy atom. The molecule has 11 heavy (non-hydrogen) atoms. The maximum atomic E-state index is 11.3. The van der Waals surface area contributed by atoms with Crippen LogP contribution in [0, 0.1) is 0 Å². The lowest BCUT2D eigenvalue weighted by molar-refractivity contribution is -0.154. The Morgan fingerprint density at radius 2 is 2.36 bits per heavy atom. The van der Waals surface area contributed by atoms with E-state index in [1.807, 2.05) is 7.05 Å². The number of nitrogens with zero attached hydrogens (tertiary/aromatic N) is 1. The van der Waals surface area contributed by atoms with Gasteiger partial charge in [-0.3, -0.25) is 4.79 Å². The molecule has 1 fully saturated rings. The highest BCUT2D eigenvalue weighted by Crippen LogP contribution is 2.13. The number of rotatable bonds is 3. The van der Waals surface area contributed by atoms with E-state index in [1.165, 1.54) is 0 Å². The first-order valence-corrected chi connectivity index (χ1v) is 4.12. The Kier molecular flexibility index (Phi) is 2.88. The van der Waals surface area contributed by atoms with Crippen molar-refractivity contribution in [2.24, 2.45) is 0 Å². The van der Waals surface area contributed by atoms with Gasteiger partial charge >= 0.3 is 0 Å². The van der Waals surface area contributed by atoms with Crippen LogP contribution in [-0.4, -0.2) is 37.1 Å². The fourth-order valence-electron chi connectivity index (χ4n) is 1.12. The molecule has 0 aromatic carbocycles. The van der Waals surface area contributed by atoms with Crippen molar-refractivity contribution in [1.29, 1.82) is 0 Å². The molecule has 0 bridgehead atoms. The van der Waals surface area contributed by atoms with Crippen molar-refractivity contribution in [3.63, 3.8) is 0 Å². The fourth-order valence-corrected chi connectivity index (χ4v) is 1.12. The number of hydrogen-bond donors (Lipinski definition) is 0.